The van der Waals surface area contributed by atoms with E-state index in [1.807, 2.05) is 127 Å². The molecule has 0 saturated carbocycles. The van der Waals surface area contributed by atoms with Crippen LogP contribution in [0.25, 0.3) is 5.70 Å². The van der Waals surface area contributed by atoms with Gasteiger partial charge in [0.15, 0.2) is 5.78 Å². The predicted molar refractivity (Wildman–Crippen MR) is 165 cm³/mol. The molecule has 0 spiro atoms. The van der Waals surface area contributed by atoms with E-state index < -0.39 is 15.9 Å². The summed E-state index contributed by atoms with van der Waals surface area (Å²) in [6.45, 7) is 0.0407. The van der Waals surface area contributed by atoms with Crippen LogP contribution in [-0.2, 0) is 16.4 Å². The molecule has 1 aromatic heterocycles. The molecular weight excluding hydrogens is 547 g/mol. The largest absolute Gasteiger partial charge is 0.293 e. The predicted octanol–water partition coefficient (Wildman–Crippen LogP) is 7.67. The van der Waals surface area contributed by atoms with E-state index in [1.165, 1.54) is 15.6 Å². The normalized spacial score (nSPS) is 17.2. The Morgan fingerprint density at radius 2 is 1.39 bits per heavy atom. The fourth-order valence-corrected chi connectivity index (χ4v) is 7.99. The van der Waals surface area contributed by atoms with Crippen LogP contribution < -0.4 is 0 Å². The summed E-state index contributed by atoms with van der Waals surface area (Å²) in [7, 11) is -4.03. The van der Waals surface area contributed by atoms with Gasteiger partial charge in [-0.3, -0.25) is 9.10 Å². The number of carbonyl (C=O) groups is 1. The van der Waals surface area contributed by atoms with Gasteiger partial charge in [0.05, 0.1) is 21.4 Å². The second-order valence-electron chi connectivity index (χ2n) is 10.1. The molecule has 6 rings (SSSR count). The Morgan fingerprint density at radius 1 is 0.756 bits per heavy atom. The zero-order valence-electron chi connectivity index (χ0n) is 22.3. The molecule has 4 aromatic carbocycles. The zero-order chi connectivity index (χ0) is 28.2. The van der Waals surface area contributed by atoms with Crippen LogP contribution in [0, 0.1) is 5.92 Å². The summed E-state index contributed by atoms with van der Waals surface area (Å²) in [6.07, 6.45) is 2.46. The SMILES string of the molecule is O=C(c1cccs1)C1CN(S(=O)(=O)c2ccccc2Cc2ccccc2)C(c2ccccc2)=CC1c1ccccc1. The average Bonchev–Trinajstić information content (AvgIpc) is 3.57. The molecule has 0 saturated heterocycles. The van der Waals surface area contributed by atoms with Crippen LogP contribution in [-0.4, -0.2) is 25.1 Å². The summed E-state index contributed by atoms with van der Waals surface area (Å²) in [4.78, 5) is 14.9. The Labute approximate surface area is 245 Å². The zero-order valence-corrected chi connectivity index (χ0v) is 24.0. The number of hydrogen-bond donors (Lipinski definition) is 0. The third-order valence-corrected chi connectivity index (χ3v) is 10.3. The third-order valence-electron chi connectivity index (χ3n) is 7.54. The van der Waals surface area contributed by atoms with Gasteiger partial charge in [-0.15, -0.1) is 11.3 Å². The second-order valence-corrected chi connectivity index (χ2v) is 12.9. The molecule has 6 heteroatoms. The second kappa shape index (κ2) is 11.7. The smallest absolute Gasteiger partial charge is 0.264 e. The summed E-state index contributed by atoms with van der Waals surface area (Å²) in [5.74, 6) is -0.915. The molecule has 0 bridgehead atoms. The molecule has 1 aliphatic heterocycles. The highest BCUT2D eigenvalue weighted by molar-refractivity contribution is 7.89. The Morgan fingerprint density at radius 3 is 2.07 bits per heavy atom. The van der Waals surface area contributed by atoms with Crippen LogP contribution in [0.2, 0.25) is 0 Å². The first-order chi connectivity index (χ1) is 20.0. The summed E-state index contributed by atoms with van der Waals surface area (Å²) in [5, 5.41) is 1.88. The number of Topliss-reactive ketones (excluding diaryl/α,β-unsaturated/α-hetero) is 1. The van der Waals surface area contributed by atoms with Gasteiger partial charge >= 0.3 is 0 Å². The standard InChI is InChI=1S/C35H29NO3S2/c37-35(33-20-12-22-40-33)31-25-36(32(28-17-8-3-9-18-28)24-30(31)27-15-6-2-7-16-27)41(38,39)34-21-11-10-19-29(34)23-26-13-4-1-5-14-26/h1-22,24,30-31H,23,25H2. The van der Waals surface area contributed by atoms with Crippen LogP contribution in [0.1, 0.15) is 37.8 Å². The van der Waals surface area contributed by atoms with Gasteiger partial charge in [-0.25, -0.2) is 8.42 Å². The molecule has 2 unspecified atom stereocenters. The summed E-state index contributed by atoms with van der Waals surface area (Å²) >= 11 is 1.39. The number of rotatable bonds is 8. The maximum absolute atomic E-state index is 14.7. The van der Waals surface area contributed by atoms with Gasteiger partial charge in [-0.1, -0.05) is 121 Å². The highest BCUT2D eigenvalue weighted by atomic mass is 32.2. The van der Waals surface area contributed by atoms with E-state index in [4.69, 9.17) is 0 Å². The van der Waals surface area contributed by atoms with Gasteiger partial charge in [0, 0.05) is 12.5 Å². The molecule has 5 aromatic rings. The Bertz CT molecular complexity index is 1770. The average molecular weight is 576 g/mol. The van der Waals surface area contributed by atoms with Gasteiger partial charge in [0.1, 0.15) is 0 Å². The minimum absolute atomic E-state index is 0.0407. The number of ketones is 1. The molecule has 41 heavy (non-hydrogen) atoms. The Hall–Kier alpha value is -4.26. The quantitative estimate of drug-likeness (QED) is 0.179. The number of benzene rings is 4. The first kappa shape index (κ1) is 26.9. The fraction of sp³-hybridized carbons (Fsp3) is 0.114. The van der Waals surface area contributed by atoms with E-state index in [0.29, 0.717) is 17.0 Å². The van der Waals surface area contributed by atoms with E-state index in [0.717, 1.165) is 22.3 Å². The van der Waals surface area contributed by atoms with Gasteiger partial charge in [0.25, 0.3) is 10.0 Å². The lowest BCUT2D eigenvalue weighted by Crippen LogP contribution is -2.42. The number of carbonyl (C=O) groups excluding carboxylic acids is 1. The van der Waals surface area contributed by atoms with Crippen molar-refractivity contribution >= 4 is 32.8 Å². The summed E-state index contributed by atoms with van der Waals surface area (Å²) < 4.78 is 30.8. The first-order valence-electron chi connectivity index (χ1n) is 13.6. The lowest BCUT2D eigenvalue weighted by atomic mass is 9.79. The van der Waals surface area contributed by atoms with Gasteiger partial charge in [-0.2, -0.15) is 0 Å². The van der Waals surface area contributed by atoms with Crippen molar-refractivity contribution in [2.24, 2.45) is 5.92 Å². The Kier molecular flexibility index (Phi) is 7.68. The van der Waals surface area contributed by atoms with Crippen molar-refractivity contribution in [2.45, 2.75) is 17.2 Å². The Balaban J connectivity index is 1.51. The first-order valence-corrected chi connectivity index (χ1v) is 15.9. The molecule has 0 aliphatic carbocycles. The molecule has 0 radical (unpaired) electrons. The molecule has 2 atom stereocenters. The fourth-order valence-electron chi connectivity index (χ4n) is 5.52. The van der Waals surface area contributed by atoms with Crippen molar-refractivity contribution in [1.29, 1.82) is 0 Å². The van der Waals surface area contributed by atoms with Crippen molar-refractivity contribution in [1.82, 2.24) is 4.31 Å². The number of sulfonamides is 1. The van der Waals surface area contributed by atoms with Crippen molar-refractivity contribution in [3.63, 3.8) is 0 Å². The van der Waals surface area contributed by atoms with E-state index in [-0.39, 0.29) is 23.1 Å². The minimum Gasteiger partial charge on any atom is -0.293 e. The van der Waals surface area contributed by atoms with Crippen molar-refractivity contribution in [3.05, 3.63) is 166 Å². The van der Waals surface area contributed by atoms with Gasteiger partial charge in [-0.05, 0) is 46.2 Å². The maximum Gasteiger partial charge on any atom is 0.264 e. The molecule has 0 amide bonds. The van der Waals surface area contributed by atoms with Crippen LogP contribution >= 0.6 is 11.3 Å². The number of allylic oxidation sites excluding steroid dienone is 1. The van der Waals surface area contributed by atoms with E-state index in [9.17, 15) is 13.2 Å². The number of thiophene rings is 1. The summed E-state index contributed by atoms with van der Waals surface area (Å²) in [5.41, 5.74) is 4.11. The molecular formula is C35H29NO3S2. The molecule has 2 heterocycles. The molecule has 0 fully saturated rings. The number of hydrogen-bond acceptors (Lipinski definition) is 4. The summed E-state index contributed by atoms with van der Waals surface area (Å²) in [6, 6.07) is 40.2. The van der Waals surface area contributed by atoms with E-state index in [1.54, 1.807) is 12.1 Å². The number of nitrogens with zero attached hydrogens (tertiary/aromatic N) is 1. The monoisotopic (exact) mass is 575 g/mol. The highest BCUT2D eigenvalue weighted by Gasteiger charge is 2.41. The molecule has 4 nitrogen and oxygen atoms in total. The molecule has 204 valence electrons. The van der Waals surface area contributed by atoms with Crippen molar-refractivity contribution in [3.8, 4) is 0 Å². The van der Waals surface area contributed by atoms with Crippen molar-refractivity contribution in [2.75, 3.05) is 6.54 Å². The van der Waals surface area contributed by atoms with Crippen LogP contribution in [0.4, 0.5) is 0 Å². The van der Waals surface area contributed by atoms with Crippen LogP contribution in [0.15, 0.2) is 144 Å². The highest BCUT2D eigenvalue weighted by Crippen LogP contribution is 2.42. The van der Waals surface area contributed by atoms with E-state index >= 15 is 0 Å². The lowest BCUT2D eigenvalue weighted by Gasteiger charge is -2.38. The third kappa shape index (κ3) is 5.53. The van der Waals surface area contributed by atoms with E-state index in [2.05, 4.69) is 0 Å². The topological polar surface area (TPSA) is 54.5 Å². The molecule has 1 aliphatic rings. The van der Waals surface area contributed by atoms with Gasteiger partial charge < -0.3 is 0 Å². The lowest BCUT2D eigenvalue weighted by molar-refractivity contribution is 0.0900. The minimum atomic E-state index is -4.03. The van der Waals surface area contributed by atoms with Gasteiger partial charge in [0.2, 0.25) is 0 Å². The van der Waals surface area contributed by atoms with Crippen LogP contribution in [0.5, 0.6) is 0 Å². The van der Waals surface area contributed by atoms with Crippen molar-refractivity contribution < 1.29 is 13.2 Å². The van der Waals surface area contributed by atoms with Crippen LogP contribution in [0.3, 0.4) is 0 Å². The molecule has 0 N–H and O–H groups in total. The maximum atomic E-state index is 14.7.